The molecular formula is C19H27N3O. The number of aryl methyl sites for hydroxylation is 2. The molecule has 1 aromatic heterocycles. The van der Waals surface area contributed by atoms with Crippen LogP contribution in [0.15, 0.2) is 30.5 Å². The van der Waals surface area contributed by atoms with Gasteiger partial charge < -0.3 is 5.11 Å². The highest BCUT2D eigenvalue weighted by Crippen LogP contribution is 2.28. The third-order valence-corrected chi connectivity index (χ3v) is 4.79. The Bertz CT molecular complexity index is 650. The van der Waals surface area contributed by atoms with Crippen LogP contribution in [-0.2, 0) is 13.1 Å². The van der Waals surface area contributed by atoms with E-state index in [0.717, 1.165) is 25.3 Å². The molecule has 1 aliphatic rings. The summed E-state index contributed by atoms with van der Waals surface area (Å²) >= 11 is 0. The van der Waals surface area contributed by atoms with Crippen molar-refractivity contribution in [2.45, 2.75) is 45.7 Å². The van der Waals surface area contributed by atoms with Crippen molar-refractivity contribution >= 4 is 0 Å². The largest absolute Gasteiger partial charge is 0.394 e. The lowest BCUT2D eigenvalue weighted by molar-refractivity contribution is 0.200. The summed E-state index contributed by atoms with van der Waals surface area (Å²) in [5.41, 5.74) is 5.18. The highest BCUT2D eigenvalue weighted by atomic mass is 16.3. The number of aromatic nitrogens is 2. The van der Waals surface area contributed by atoms with Gasteiger partial charge in [-0.25, -0.2) is 0 Å². The molecule has 0 amide bonds. The Morgan fingerprint density at radius 1 is 1.30 bits per heavy atom. The number of benzene rings is 1. The molecule has 4 nitrogen and oxygen atoms in total. The maximum absolute atomic E-state index is 9.05. The summed E-state index contributed by atoms with van der Waals surface area (Å²) in [6.45, 7) is 8.18. The number of rotatable bonds is 5. The summed E-state index contributed by atoms with van der Waals surface area (Å²) in [6, 6.07) is 8.94. The molecule has 1 saturated heterocycles. The van der Waals surface area contributed by atoms with E-state index >= 15 is 0 Å². The number of aliphatic hydroxyl groups excluding tert-OH is 1. The van der Waals surface area contributed by atoms with E-state index < -0.39 is 0 Å². The van der Waals surface area contributed by atoms with E-state index in [2.05, 4.69) is 54.3 Å². The summed E-state index contributed by atoms with van der Waals surface area (Å²) in [5.74, 6) is 0.636. The molecular weight excluding hydrogens is 286 g/mol. The van der Waals surface area contributed by atoms with E-state index in [0.29, 0.717) is 12.5 Å². The first-order valence-corrected chi connectivity index (χ1v) is 8.58. The van der Waals surface area contributed by atoms with Crippen LogP contribution >= 0.6 is 0 Å². The molecule has 3 rings (SSSR count). The smallest absolute Gasteiger partial charge is 0.0641 e. The first-order chi connectivity index (χ1) is 11.2. The molecule has 124 valence electrons. The molecule has 1 fully saturated rings. The maximum Gasteiger partial charge on any atom is 0.0641 e. The fraction of sp³-hybridized carbons (Fsp3) is 0.526. The van der Waals surface area contributed by atoms with Gasteiger partial charge in [-0.15, -0.1) is 0 Å². The van der Waals surface area contributed by atoms with Crippen molar-refractivity contribution in [3.8, 4) is 0 Å². The minimum absolute atomic E-state index is 0.139. The van der Waals surface area contributed by atoms with Crippen LogP contribution in [0.3, 0.4) is 0 Å². The van der Waals surface area contributed by atoms with Gasteiger partial charge >= 0.3 is 0 Å². The van der Waals surface area contributed by atoms with Gasteiger partial charge in [0, 0.05) is 24.8 Å². The van der Waals surface area contributed by atoms with Crippen LogP contribution in [0.4, 0.5) is 0 Å². The molecule has 1 aromatic carbocycles. The monoisotopic (exact) mass is 313 g/mol. The average Bonchev–Trinajstić information content (AvgIpc) is 2.88. The molecule has 0 bridgehead atoms. The number of hydrogen-bond donors (Lipinski definition) is 1. The van der Waals surface area contributed by atoms with E-state index in [1.165, 1.54) is 29.5 Å². The molecule has 2 heterocycles. The Hall–Kier alpha value is -1.65. The Labute approximate surface area is 138 Å². The van der Waals surface area contributed by atoms with Crippen LogP contribution in [0, 0.1) is 13.8 Å². The molecule has 0 aliphatic carbocycles. The summed E-state index contributed by atoms with van der Waals surface area (Å²) in [4.78, 5) is 2.55. The molecule has 0 saturated carbocycles. The normalized spacial score (nSPS) is 19.2. The average molecular weight is 313 g/mol. The SMILES string of the molecule is Cc1cccc([C@@H]2CCCN(Cc3cn(CCO)nc3C)C2)c1. The predicted octanol–water partition coefficient (Wildman–Crippen LogP) is 2.87. The van der Waals surface area contributed by atoms with E-state index in [4.69, 9.17) is 5.11 Å². The van der Waals surface area contributed by atoms with Crippen LogP contribution in [0.1, 0.15) is 41.1 Å². The van der Waals surface area contributed by atoms with Crippen molar-refractivity contribution in [1.29, 1.82) is 0 Å². The maximum atomic E-state index is 9.05. The molecule has 0 radical (unpaired) electrons. The topological polar surface area (TPSA) is 41.3 Å². The molecule has 1 atom stereocenters. The van der Waals surface area contributed by atoms with Gasteiger partial charge in [0.1, 0.15) is 0 Å². The van der Waals surface area contributed by atoms with Gasteiger partial charge in [0.25, 0.3) is 0 Å². The number of likely N-dealkylation sites (tertiary alicyclic amines) is 1. The second kappa shape index (κ2) is 7.28. The summed E-state index contributed by atoms with van der Waals surface area (Å²) < 4.78 is 1.85. The first-order valence-electron chi connectivity index (χ1n) is 8.58. The Morgan fingerprint density at radius 2 is 2.17 bits per heavy atom. The van der Waals surface area contributed by atoms with Crippen molar-refractivity contribution in [2.75, 3.05) is 19.7 Å². The fourth-order valence-corrected chi connectivity index (χ4v) is 3.57. The van der Waals surface area contributed by atoms with Gasteiger partial charge in [-0.05, 0) is 44.7 Å². The quantitative estimate of drug-likeness (QED) is 0.923. The molecule has 2 aromatic rings. The summed E-state index contributed by atoms with van der Waals surface area (Å²) in [5, 5.41) is 13.5. The van der Waals surface area contributed by atoms with Crippen molar-refractivity contribution in [2.24, 2.45) is 0 Å². The molecule has 4 heteroatoms. The highest BCUT2D eigenvalue weighted by molar-refractivity contribution is 5.26. The van der Waals surface area contributed by atoms with Crippen LogP contribution < -0.4 is 0 Å². The third kappa shape index (κ3) is 4.01. The predicted molar refractivity (Wildman–Crippen MR) is 92.5 cm³/mol. The Kier molecular flexibility index (Phi) is 5.13. The lowest BCUT2D eigenvalue weighted by atomic mass is 9.89. The molecule has 0 spiro atoms. The zero-order chi connectivity index (χ0) is 16.2. The number of hydrogen-bond acceptors (Lipinski definition) is 3. The van der Waals surface area contributed by atoms with Crippen molar-refractivity contribution in [1.82, 2.24) is 14.7 Å². The molecule has 0 unspecified atom stereocenters. The minimum Gasteiger partial charge on any atom is -0.394 e. The van der Waals surface area contributed by atoms with E-state index in [-0.39, 0.29) is 6.61 Å². The third-order valence-electron chi connectivity index (χ3n) is 4.79. The standard InChI is InChI=1S/C19H27N3O/c1-15-5-3-6-17(11-15)18-7-4-8-21(12-18)13-19-14-22(9-10-23)20-16(19)2/h3,5-6,11,14,18,23H,4,7-10,12-13H2,1-2H3/t18-/m1/s1. The highest BCUT2D eigenvalue weighted by Gasteiger charge is 2.22. The van der Waals surface area contributed by atoms with Gasteiger partial charge in [0.15, 0.2) is 0 Å². The molecule has 1 aliphatic heterocycles. The van der Waals surface area contributed by atoms with Gasteiger partial charge in [0.2, 0.25) is 0 Å². The van der Waals surface area contributed by atoms with Crippen molar-refractivity contribution in [3.63, 3.8) is 0 Å². The second-order valence-corrected chi connectivity index (χ2v) is 6.71. The lowest BCUT2D eigenvalue weighted by Crippen LogP contribution is -2.34. The van der Waals surface area contributed by atoms with E-state index in [9.17, 15) is 0 Å². The van der Waals surface area contributed by atoms with Gasteiger partial charge in [-0.3, -0.25) is 9.58 Å². The number of nitrogens with zero attached hydrogens (tertiary/aromatic N) is 3. The zero-order valence-electron chi connectivity index (χ0n) is 14.2. The first kappa shape index (κ1) is 16.2. The fourth-order valence-electron chi connectivity index (χ4n) is 3.57. The van der Waals surface area contributed by atoms with E-state index in [1.54, 1.807) is 0 Å². The van der Waals surface area contributed by atoms with Gasteiger partial charge in [0.05, 0.1) is 18.8 Å². The minimum atomic E-state index is 0.139. The molecule has 23 heavy (non-hydrogen) atoms. The molecule has 1 N–H and O–H groups in total. The Morgan fingerprint density at radius 3 is 2.96 bits per heavy atom. The Balaban J connectivity index is 1.67. The van der Waals surface area contributed by atoms with Crippen molar-refractivity contribution < 1.29 is 5.11 Å². The number of aliphatic hydroxyl groups is 1. The lowest BCUT2D eigenvalue weighted by Gasteiger charge is -2.33. The van der Waals surface area contributed by atoms with Crippen LogP contribution in [-0.4, -0.2) is 39.5 Å². The van der Waals surface area contributed by atoms with Crippen molar-refractivity contribution in [3.05, 3.63) is 52.8 Å². The summed E-state index contributed by atoms with van der Waals surface area (Å²) in [7, 11) is 0. The van der Waals surface area contributed by atoms with Gasteiger partial charge in [-0.1, -0.05) is 29.8 Å². The zero-order valence-corrected chi connectivity index (χ0v) is 14.2. The number of piperidine rings is 1. The second-order valence-electron chi connectivity index (χ2n) is 6.71. The van der Waals surface area contributed by atoms with E-state index in [1.807, 2.05) is 4.68 Å². The van der Waals surface area contributed by atoms with Crippen LogP contribution in [0.2, 0.25) is 0 Å². The van der Waals surface area contributed by atoms with Crippen LogP contribution in [0.5, 0.6) is 0 Å². The summed E-state index contributed by atoms with van der Waals surface area (Å²) in [6.07, 6.45) is 4.62. The van der Waals surface area contributed by atoms with Crippen LogP contribution in [0.25, 0.3) is 0 Å². The van der Waals surface area contributed by atoms with Gasteiger partial charge in [-0.2, -0.15) is 5.10 Å².